The van der Waals surface area contributed by atoms with Crippen molar-refractivity contribution in [2.45, 2.75) is 84.7 Å². The van der Waals surface area contributed by atoms with Gasteiger partial charge in [0.1, 0.15) is 0 Å². The van der Waals surface area contributed by atoms with E-state index in [0.29, 0.717) is 16.2 Å². The Bertz CT molecular complexity index is 317. The van der Waals surface area contributed by atoms with Gasteiger partial charge in [0.05, 0.1) is 6.10 Å². The molecule has 0 aliphatic heterocycles. The number of hydrogen-bond acceptors (Lipinski definition) is 1. The summed E-state index contributed by atoms with van der Waals surface area (Å²) in [4.78, 5) is 0. The fourth-order valence-corrected chi connectivity index (χ4v) is 6.85. The second-order valence-corrected chi connectivity index (χ2v) is 8.78. The van der Waals surface area contributed by atoms with Crippen molar-refractivity contribution in [3.05, 3.63) is 0 Å². The number of aliphatic hydroxyl groups is 1. The first-order valence-corrected chi connectivity index (χ1v) is 8.04. The molecule has 0 heterocycles. The van der Waals surface area contributed by atoms with Gasteiger partial charge in [0.15, 0.2) is 0 Å². The zero-order valence-electron chi connectivity index (χ0n) is 12.5. The van der Waals surface area contributed by atoms with Crippen molar-refractivity contribution in [1.82, 2.24) is 0 Å². The SMILES string of the molecule is CCCC(O)CC12CC3CC(C)(CC(C)(C3)C1)C2. The summed E-state index contributed by atoms with van der Waals surface area (Å²) in [6, 6.07) is 0. The third kappa shape index (κ3) is 2.13. The first-order valence-electron chi connectivity index (χ1n) is 8.04. The van der Waals surface area contributed by atoms with Gasteiger partial charge in [-0.15, -0.1) is 0 Å². The predicted molar refractivity (Wildman–Crippen MR) is 75.4 cm³/mol. The minimum atomic E-state index is -0.0431. The maximum absolute atomic E-state index is 10.3. The normalized spacial score (nSPS) is 51.7. The highest BCUT2D eigenvalue weighted by Crippen LogP contribution is 2.70. The van der Waals surface area contributed by atoms with E-state index in [2.05, 4.69) is 20.8 Å². The Morgan fingerprint density at radius 3 is 2.17 bits per heavy atom. The van der Waals surface area contributed by atoms with Crippen molar-refractivity contribution >= 4 is 0 Å². The molecule has 0 aromatic heterocycles. The number of rotatable bonds is 4. The van der Waals surface area contributed by atoms with Crippen LogP contribution < -0.4 is 0 Å². The van der Waals surface area contributed by atoms with Crippen molar-refractivity contribution in [1.29, 1.82) is 0 Å². The van der Waals surface area contributed by atoms with Gasteiger partial charge in [-0.05, 0) is 73.5 Å². The molecule has 4 saturated carbocycles. The summed E-state index contributed by atoms with van der Waals surface area (Å²) in [5.41, 5.74) is 1.69. The van der Waals surface area contributed by atoms with Crippen molar-refractivity contribution in [2.75, 3.05) is 0 Å². The van der Waals surface area contributed by atoms with E-state index in [9.17, 15) is 5.11 Å². The van der Waals surface area contributed by atoms with Gasteiger partial charge in [0.2, 0.25) is 0 Å². The van der Waals surface area contributed by atoms with Crippen LogP contribution in [0.1, 0.15) is 78.6 Å². The summed E-state index contributed by atoms with van der Waals surface area (Å²) in [5.74, 6) is 0.963. The van der Waals surface area contributed by atoms with Crippen LogP contribution >= 0.6 is 0 Å². The summed E-state index contributed by atoms with van der Waals surface area (Å²) in [6.45, 7) is 7.24. The molecule has 0 saturated heterocycles. The van der Waals surface area contributed by atoms with Crippen molar-refractivity contribution in [3.63, 3.8) is 0 Å². The second-order valence-electron chi connectivity index (χ2n) is 8.78. The average Bonchev–Trinajstić information content (AvgIpc) is 2.09. The Hall–Kier alpha value is -0.0400. The fraction of sp³-hybridized carbons (Fsp3) is 1.00. The van der Waals surface area contributed by atoms with Gasteiger partial charge in [-0.2, -0.15) is 0 Å². The molecule has 0 spiro atoms. The van der Waals surface area contributed by atoms with Crippen LogP contribution in [0.15, 0.2) is 0 Å². The van der Waals surface area contributed by atoms with Gasteiger partial charge in [0, 0.05) is 0 Å². The zero-order valence-corrected chi connectivity index (χ0v) is 12.5. The van der Waals surface area contributed by atoms with E-state index in [1.54, 1.807) is 0 Å². The molecule has 18 heavy (non-hydrogen) atoms. The summed E-state index contributed by atoms with van der Waals surface area (Å²) >= 11 is 0. The minimum Gasteiger partial charge on any atom is -0.393 e. The van der Waals surface area contributed by atoms with E-state index >= 15 is 0 Å². The highest BCUT2D eigenvalue weighted by molar-refractivity contribution is 5.10. The summed E-state index contributed by atoms with van der Waals surface area (Å²) < 4.78 is 0. The van der Waals surface area contributed by atoms with Crippen LogP contribution in [0.25, 0.3) is 0 Å². The molecule has 3 atom stereocenters. The molecule has 4 fully saturated rings. The summed E-state index contributed by atoms with van der Waals surface area (Å²) in [6.07, 6.45) is 11.7. The molecule has 104 valence electrons. The lowest BCUT2D eigenvalue weighted by Gasteiger charge is -2.66. The second kappa shape index (κ2) is 3.98. The molecule has 4 aliphatic rings. The van der Waals surface area contributed by atoms with Gasteiger partial charge < -0.3 is 5.11 Å². The topological polar surface area (TPSA) is 20.2 Å². The average molecular weight is 250 g/mol. The van der Waals surface area contributed by atoms with E-state index in [-0.39, 0.29) is 6.10 Å². The zero-order chi connectivity index (χ0) is 13.0. The van der Waals surface area contributed by atoms with Crippen molar-refractivity contribution in [3.8, 4) is 0 Å². The molecular weight excluding hydrogens is 220 g/mol. The van der Waals surface area contributed by atoms with E-state index in [1.165, 1.54) is 38.5 Å². The predicted octanol–water partition coefficient (Wildman–Crippen LogP) is 4.53. The van der Waals surface area contributed by atoms with Crippen LogP contribution in [0.4, 0.5) is 0 Å². The van der Waals surface area contributed by atoms with E-state index in [1.807, 2.05) is 0 Å². The lowest BCUT2D eigenvalue weighted by Crippen LogP contribution is -2.55. The smallest absolute Gasteiger partial charge is 0.0545 e. The Balaban J connectivity index is 1.80. The van der Waals surface area contributed by atoms with Crippen LogP contribution in [0.5, 0.6) is 0 Å². The van der Waals surface area contributed by atoms with Gasteiger partial charge in [-0.3, -0.25) is 0 Å². The van der Waals surface area contributed by atoms with Crippen LogP contribution in [0.2, 0.25) is 0 Å². The monoisotopic (exact) mass is 250 g/mol. The summed E-state index contributed by atoms with van der Waals surface area (Å²) in [7, 11) is 0. The number of hydrogen-bond donors (Lipinski definition) is 1. The first kappa shape index (κ1) is 13.0. The largest absolute Gasteiger partial charge is 0.393 e. The third-order valence-electron chi connectivity index (χ3n) is 6.03. The number of aliphatic hydroxyl groups excluding tert-OH is 1. The van der Waals surface area contributed by atoms with E-state index in [4.69, 9.17) is 0 Å². The van der Waals surface area contributed by atoms with Crippen LogP contribution in [0, 0.1) is 22.2 Å². The van der Waals surface area contributed by atoms with Gasteiger partial charge in [-0.25, -0.2) is 0 Å². The Morgan fingerprint density at radius 2 is 1.67 bits per heavy atom. The molecule has 0 aromatic rings. The highest BCUT2D eigenvalue weighted by Gasteiger charge is 2.59. The van der Waals surface area contributed by atoms with Crippen LogP contribution in [-0.2, 0) is 0 Å². The van der Waals surface area contributed by atoms with Gasteiger partial charge in [-0.1, -0.05) is 27.2 Å². The summed E-state index contributed by atoms with van der Waals surface area (Å²) in [5, 5.41) is 10.3. The molecule has 1 N–H and O–H groups in total. The molecular formula is C17H30O. The van der Waals surface area contributed by atoms with Crippen LogP contribution in [0.3, 0.4) is 0 Å². The van der Waals surface area contributed by atoms with Crippen LogP contribution in [-0.4, -0.2) is 11.2 Å². The Labute approximate surface area is 112 Å². The maximum Gasteiger partial charge on any atom is 0.0545 e. The fourth-order valence-electron chi connectivity index (χ4n) is 6.85. The Morgan fingerprint density at radius 1 is 1.06 bits per heavy atom. The quantitative estimate of drug-likeness (QED) is 0.777. The lowest BCUT2D eigenvalue weighted by molar-refractivity contribution is -0.156. The van der Waals surface area contributed by atoms with Crippen molar-refractivity contribution < 1.29 is 5.11 Å². The minimum absolute atomic E-state index is 0.0431. The standard InChI is InChI=1S/C17H30O/c1-4-5-14(18)9-17-8-13-6-15(2,11-17)10-16(3,7-13)12-17/h13-14,18H,4-12H2,1-3H3. The molecule has 1 heteroatoms. The van der Waals surface area contributed by atoms with Gasteiger partial charge >= 0.3 is 0 Å². The van der Waals surface area contributed by atoms with Crippen molar-refractivity contribution in [2.24, 2.45) is 22.2 Å². The molecule has 0 amide bonds. The van der Waals surface area contributed by atoms with Gasteiger partial charge in [0.25, 0.3) is 0 Å². The molecule has 4 rings (SSSR count). The Kier molecular flexibility index (Phi) is 2.86. The maximum atomic E-state index is 10.3. The molecule has 0 aromatic carbocycles. The molecule has 3 unspecified atom stereocenters. The lowest BCUT2D eigenvalue weighted by atomic mass is 9.39. The highest BCUT2D eigenvalue weighted by atomic mass is 16.3. The molecule has 4 aliphatic carbocycles. The molecule has 4 bridgehead atoms. The molecule has 1 nitrogen and oxygen atoms in total. The molecule has 0 radical (unpaired) electrons. The first-order chi connectivity index (χ1) is 8.36. The third-order valence-corrected chi connectivity index (χ3v) is 6.03. The van der Waals surface area contributed by atoms with E-state index < -0.39 is 0 Å². The van der Waals surface area contributed by atoms with E-state index in [0.717, 1.165) is 25.2 Å².